The van der Waals surface area contributed by atoms with Crippen molar-refractivity contribution in [1.82, 2.24) is 14.7 Å². The third kappa shape index (κ3) is 4.10. The van der Waals surface area contributed by atoms with Crippen LogP contribution in [0.3, 0.4) is 0 Å². The number of amides is 4. The van der Waals surface area contributed by atoms with Crippen LogP contribution in [0.2, 0.25) is 0 Å². The van der Waals surface area contributed by atoms with Crippen LogP contribution in [-0.2, 0) is 32.9 Å². The van der Waals surface area contributed by atoms with E-state index in [4.69, 9.17) is 9.84 Å². The van der Waals surface area contributed by atoms with Crippen molar-refractivity contribution in [2.24, 2.45) is 5.92 Å². The third-order valence-electron chi connectivity index (χ3n) is 8.61. The Morgan fingerprint density at radius 1 is 1.13 bits per heavy atom. The molecule has 2 aromatic carbocycles. The van der Waals surface area contributed by atoms with E-state index in [1.165, 1.54) is 4.90 Å². The van der Waals surface area contributed by atoms with Gasteiger partial charge in [0.05, 0.1) is 0 Å². The highest BCUT2D eigenvalue weighted by molar-refractivity contribution is 6.06. The molecule has 6 rings (SSSR count). The van der Waals surface area contributed by atoms with Crippen LogP contribution in [-0.4, -0.2) is 69.5 Å². The maximum atomic E-state index is 13.7. The first kappa shape index (κ1) is 24.5. The van der Waals surface area contributed by atoms with Crippen LogP contribution < -0.4 is 0 Å². The van der Waals surface area contributed by atoms with Gasteiger partial charge in [0, 0.05) is 43.6 Å². The Kier molecular flexibility index (Phi) is 5.89. The predicted molar refractivity (Wildman–Crippen MR) is 136 cm³/mol. The fourth-order valence-electron chi connectivity index (χ4n) is 6.07. The Morgan fingerprint density at radius 3 is 2.55 bits per heavy atom. The molecule has 2 heterocycles. The summed E-state index contributed by atoms with van der Waals surface area (Å²) in [4.78, 5) is 55.4. The number of imide groups is 1. The molecule has 198 valence electrons. The summed E-state index contributed by atoms with van der Waals surface area (Å²) in [6, 6.07) is 15.5. The summed E-state index contributed by atoms with van der Waals surface area (Å²) in [7, 11) is 0. The van der Waals surface area contributed by atoms with E-state index in [2.05, 4.69) is 0 Å². The van der Waals surface area contributed by atoms with Gasteiger partial charge in [-0.2, -0.15) is 0 Å². The van der Waals surface area contributed by atoms with Crippen molar-refractivity contribution in [3.8, 4) is 0 Å². The molecule has 4 aliphatic rings. The smallest absolute Gasteiger partial charge is 0.418 e. The van der Waals surface area contributed by atoms with Gasteiger partial charge in [-0.15, -0.1) is 0 Å². The van der Waals surface area contributed by atoms with E-state index in [0.717, 1.165) is 34.4 Å². The Morgan fingerprint density at radius 2 is 1.87 bits per heavy atom. The summed E-state index contributed by atoms with van der Waals surface area (Å²) in [6.07, 6.45) is 1.34. The molecule has 1 spiro atoms. The van der Waals surface area contributed by atoms with Crippen molar-refractivity contribution in [3.63, 3.8) is 0 Å². The first-order valence-corrected chi connectivity index (χ1v) is 13.3. The quantitative estimate of drug-likeness (QED) is 0.600. The van der Waals surface area contributed by atoms with Gasteiger partial charge in [-0.3, -0.25) is 9.59 Å². The maximum Gasteiger partial charge on any atom is 0.418 e. The molecular formula is C29H31N3O6. The van der Waals surface area contributed by atoms with Crippen LogP contribution in [0.4, 0.5) is 9.59 Å². The summed E-state index contributed by atoms with van der Waals surface area (Å²) in [5.41, 5.74) is 2.21. The van der Waals surface area contributed by atoms with E-state index in [1.807, 2.05) is 55.5 Å². The zero-order chi connectivity index (χ0) is 26.6. The number of hydrogen-bond acceptors (Lipinski definition) is 5. The molecule has 3 fully saturated rings. The largest absolute Gasteiger partial charge is 0.465 e. The number of fused-ring (bicyclic) bond motifs is 2. The van der Waals surface area contributed by atoms with E-state index in [-0.39, 0.29) is 24.4 Å². The van der Waals surface area contributed by atoms with Crippen LogP contribution >= 0.6 is 0 Å². The number of rotatable bonds is 7. The van der Waals surface area contributed by atoms with Gasteiger partial charge in [-0.1, -0.05) is 48.5 Å². The number of carbonyl (C=O) groups excluding carboxylic acids is 3. The molecule has 2 saturated heterocycles. The number of hydrogen-bond donors (Lipinski definition) is 1. The number of likely N-dealkylation sites (tertiary alicyclic amines) is 1. The highest BCUT2D eigenvalue weighted by atomic mass is 16.6. The van der Waals surface area contributed by atoms with Crippen LogP contribution in [0.25, 0.3) is 0 Å². The minimum Gasteiger partial charge on any atom is -0.465 e. The van der Waals surface area contributed by atoms with Gasteiger partial charge < -0.3 is 19.6 Å². The molecule has 4 amide bonds. The van der Waals surface area contributed by atoms with Gasteiger partial charge >= 0.3 is 12.2 Å². The van der Waals surface area contributed by atoms with E-state index < -0.39 is 23.7 Å². The lowest BCUT2D eigenvalue weighted by Gasteiger charge is -2.37. The first-order chi connectivity index (χ1) is 18.3. The predicted octanol–water partition coefficient (Wildman–Crippen LogP) is 3.71. The SMILES string of the molecule is C[C@@H](C1CC1)N(Cc1ccccc1)C(=O)CN1C(=O)O[C@@]2(CCc3cc(C4CN(C(=O)O)C4)ccc32)C1=O. The number of carboxylic acid groups (broad SMARTS) is 1. The minimum absolute atomic E-state index is 0.0135. The minimum atomic E-state index is -1.40. The van der Waals surface area contributed by atoms with E-state index in [0.29, 0.717) is 44.0 Å². The highest BCUT2D eigenvalue weighted by Crippen LogP contribution is 2.46. The molecule has 2 aliphatic carbocycles. The van der Waals surface area contributed by atoms with Crippen molar-refractivity contribution in [3.05, 3.63) is 70.8 Å². The van der Waals surface area contributed by atoms with Gasteiger partial charge in [-0.25, -0.2) is 14.5 Å². The van der Waals surface area contributed by atoms with Crippen molar-refractivity contribution in [2.75, 3.05) is 19.6 Å². The van der Waals surface area contributed by atoms with Crippen molar-refractivity contribution in [1.29, 1.82) is 0 Å². The third-order valence-corrected chi connectivity index (χ3v) is 8.61. The molecular weight excluding hydrogens is 486 g/mol. The molecule has 0 unspecified atom stereocenters. The molecule has 1 saturated carbocycles. The second-order valence-electron chi connectivity index (χ2n) is 11.0. The summed E-state index contributed by atoms with van der Waals surface area (Å²) < 4.78 is 5.75. The Hall–Kier alpha value is -3.88. The zero-order valence-corrected chi connectivity index (χ0v) is 21.3. The van der Waals surface area contributed by atoms with E-state index in [9.17, 15) is 19.2 Å². The maximum absolute atomic E-state index is 13.7. The normalized spacial score (nSPS) is 23.3. The Bertz CT molecular complexity index is 1300. The van der Waals surface area contributed by atoms with E-state index in [1.54, 1.807) is 4.90 Å². The molecule has 0 bridgehead atoms. The lowest BCUT2D eigenvalue weighted by molar-refractivity contribution is -0.143. The highest BCUT2D eigenvalue weighted by Gasteiger charge is 2.58. The number of ether oxygens (including phenoxy) is 1. The number of nitrogens with zero attached hydrogens (tertiary/aromatic N) is 3. The molecule has 2 atom stereocenters. The number of benzene rings is 2. The fraction of sp³-hybridized carbons (Fsp3) is 0.448. The first-order valence-electron chi connectivity index (χ1n) is 13.3. The van der Waals surface area contributed by atoms with E-state index >= 15 is 0 Å². The molecule has 0 radical (unpaired) electrons. The van der Waals surface area contributed by atoms with Crippen molar-refractivity contribution in [2.45, 2.75) is 56.7 Å². The van der Waals surface area contributed by atoms with Gasteiger partial charge in [0.2, 0.25) is 11.5 Å². The summed E-state index contributed by atoms with van der Waals surface area (Å²) in [6.45, 7) is 3.01. The molecule has 38 heavy (non-hydrogen) atoms. The van der Waals surface area contributed by atoms with Gasteiger partial charge in [0.15, 0.2) is 0 Å². The van der Waals surface area contributed by atoms with Crippen molar-refractivity contribution >= 4 is 24.0 Å². The standard InChI is InChI=1S/C29H31N3O6/c1-18(20-7-8-20)31(14-19-5-3-2-4-6-19)25(33)17-32-26(34)29(38-28(32)37)12-11-22-13-21(9-10-24(22)29)23-15-30(16-23)27(35)36/h2-6,9-10,13,18,20,23H,7-8,11-12,14-17H2,1H3,(H,35,36)/t18-,29+/m0/s1. The second kappa shape index (κ2) is 9.15. The van der Waals surface area contributed by atoms with Crippen LogP contribution in [0.15, 0.2) is 48.5 Å². The Labute approximate surface area is 221 Å². The van der Waals surface area contributed by atoms with Crippen molar-refractivity contribution < 1.29 is 29.0 Å². The monoisotopic (exact) mass is 517 g/mol. The van der Waals surface area contributed by atoms with Crippen LogP contribution in [0, 0.1) is 5.92 Å². The molecule has 1 N–H and O–H groups in total. The molecule has 2 aromatic rings. The molecule has 0 aromatic heterocycles. The lowest BCUT2D eigenvalue weighted by Crippen LogP contribution is -2.48. The van der Waals surface area contributed by atoms with Crippen LogP contribution in [0.1, 0.15) is 54.4 Å². The van der Waals surface area contributed by atoms with Crippen LogP contribution in [0.5, 0.6) is 0 Å². The van der Waals surface area contributed by atoms with Gasteiger partial charge in [0.25, 0.3) is 5.91 Å². The second-order valence-corrected chi connectivity index (χ2v) is 11.0. The molecule has 9 nitrogen and oxygen atoms in total. The molecule has 2 aliphatic heterocycles. The zero-order valence-electron chi connectivity index (χ0n) is 21.3. The van der Waals surface area contributed by atoms with Gasteiger partial charge in [-0.05, 0) is 48.8 Å². The average molecular weight is 518 g/mol. The Balaban J connectivity index is 1.19. The molecule has 9 heteroatoms. The summed E-state index contributed by atoms with van der Waals surface area (Å²) in [5.74, 6) is -0.198. The fourth-order valence-corrected chi connectivity index (χ4v) is 6.07. The lowest BCUT2D eigenvalue weighted by atomic mass is 9.88. The summed E-state index contributed by atoms with van der Waals surface area (Å²) in [5, 5.41) is 9.11. The summed E-state index contributed by atoms with van der Waals surface area (Å²) >= 11 is 0. The topological polar surface area (TPSA) is 107 Å². The number of carbonyl (C=O) groups is 4. The van der Waals surface area contributed by atoms with Gasteiger partial charge in [0.1, 0.15) is 6.54 Å². The average Bonchev–Trinajstić information content (AvgIpc) is 3.62. The number of aryl methyl sites for hydroxylation is 1.